The van der Waals surface area contributed by atoms with Crippen molar-refractivity contribution in [3.8, 4) is 22.8 Å². The third-order valence-electron chi connectivity index (χ3n) is 3.68. The number of aromatic nitrogens is 1. The van der Waals surface area contributed by atoms with Gasteiger partial charge in [-0.3, -0.25) is 10.1 Å². The molecule has 1 aromatic heterocycles. The van der Waals surface area contributed by atoms with Gasteiger partial charge in [0, 0.05) is 16.5 Å². The molecule has 1 N–H and O–H groups in total. The Morgan fingerprint density at radius 3 is 2.69 bits per heavy atom. The van der Waals surface area contributed by atoms with E-state index in [0.717, 1.165) is 23.4 Å². The van der Waals surface area contributed by atoms with Gasteiger partial charge in [-0.25, -0.2) is 4.98 Å². The standard InChI is InChI=1S/C20H20N2O3S/c1-3-11-25-17-6-4-5-15(12-17)19(23)22-20-21-18(13-26-20)14-7-9-16(24-2)10-8-14/h4-10,12-13H,3,11H2,1-2H3,(H,21,22,23). The summed E-state index contributed by atoms with van der Waals surface area (Å²) >= 11 is 1.39. The first kappa shape index (κ1) is 17.9. The second kappa shape index (κ2) is 8.49. The van der Waals surface area contributed by atoms with E-state index in [0.29, 0.717) is 23.1 Å². The molecular weight excluding hydrogens is 348 g/mol. The Kier molecular flexibility index (Phi) is 5.86. The second-order valence-electron chi connectivity index (χ2n) is 5.60. The molecule has 26 heavy (non-hydrogen) atoms. The average molecular weight is 368 g/mol. The number of benzene rings is 2. The van der Waals surface area contributed by atoms with Crippen molar-refractivity contribution in [2.75, 3.05) is 19.0 Å². The highest BCUT2D eigenvalue weighted by atomic mass is 32.1. The number of hydrogen-bond donors (Lipinski definition) is 1. The van der Waals surface area contributed by atoms with E-state index in [1.165, 1.54) is 11.3 Å². The van der Waals surface area contributed by atoms with Gasteiger partial charge in [-0.15, -0.1) is 11.3 Å². The molecule has 0 aliphatic rings. The van der Waals surface area contributed by atoms with Gasteiger partial charge in [0.15, 0.2) is 5.13 Å². The maximum absolute atomic E-state index is 12.5. The van der Waals surface area contributed by atoms with Crippen LogP contribution in [-0.4, -0.2) is 24.6 Å². The fourth-order valence-corrected chi connectivity index (χ4v) is 3.06. The van der Waals surface area contributed by atoms with Crippen LogP contribution < -0.4 is 14.8 Å². The van der Waals surface area contributed by atoms with Crippen LogP contribution in [0, 0.1) is 0 Å². The number of hydrogen-bond acceptors (Lipinski definition) is 5. The third-order valence-corrected chi connectivity index (χ3v) is 4.44. The molecule has 1 amide bonds. The summed E-state index contributed by atoms with van der Waals surface area (Å²) in [6.45, 7) is 2.67. The second-order valence-corrected chi connectivity index (χ2v) is 6.45. The van der Waals surface area contributed by atoms with E-state index in [2.05, 4.69) is 10.3 Å². The highest BCUT2D eigenvalue weighted by Gasteiger charge is 2.11. The Labute approximate surface area is 156 Å². The zero-order valence-corrected chi connectivity index (χ0v) is 15.5. The number of carbonyl (C=O) groups is 1. The lowest BCUT2D eigenvalue weighted by Gasteiger charge is -2.06. The Morgan fingerprint density at radius 1 is 1.15 bits per heavy atom. The van der Waals surface area contributed by atoms with Gasteiger partial charge in [0.1, 0.15) is 11.5 Å². The molecule has 134 valence electrons. The first-order valence-electron chi connectivity index (χ1n) is 8.33. The number of nitrogens with zero attached hydrogens (tertiary/aromatic N) is 1. The van der Waals surface area contributed by atoms with Crippen LogP contribution in [0.15, 0.2) is 53.9 Å². The van der Waals surface area contributed by atoms with Crippen molar-refractivity contribution in [3.05, 3.63) is 59.5 Å². The van der Waals surface area contributed by atoms with Gasteiger partial charge in [0.05, 0.1) is 19.4 Å². The number of ether oxygens (including phenoxy) is 2. The van der Waals surface area contributed by atoms with E-state index in [1.54, 1.807) is 19.2 Å². The summed E-state index contributed by atoms with van der Waals surface area (Å²) in [7, 11) is 1.63. The number of anilines is 1. The topological polar surface area (TPSA) is 60.5 Å². The molecule has 0 fully saturated rings. The summed E-state index contributed by atoms with van der Waals surface area (Å²) in [5.74, 6) is 1.28. The molecule has 2 aromatic carbocycles. The molecule has 1 heterocycles. The molecule has 0 spiro atoms. The zero-order chi connectivity index (χ0) is 18.4. The molecule has 0 radical (unpaired) electrons. The van der Waals surface area contributed by atoms with Crippen molar-refractivity contribution < 1.29 is 14.3 Å². The molecular formula is C20H20N2O3S. The Hall–Kier alpha value is -2.86. The summed E-state index contributed by atoms with van der Waals surface area (Å²) in [6.07, 6.45) is 0.920. The van der Waals surface area contributed by atoms with E-state index in [1.807, 2.05) is 48.7 Å². The first-order chi connectivity index (χ1) is 12.7. The minimum absolute atomic E-state index is 0.206. The molecule has 0 aliphatic carbocycles. The minimum atomic E-state index is -0.206. The van der Waals surface area contributed by atoms with Crippen molar-refractivity contribution in [1.82, 2.24) is 4.98 Å². The van der Waals surface area contributed by atoms with Gasteiger partial charge < -0.3 is 9.47 Å². The first-order valence-corrected chi connectivity index (χ1v) is 9.21. The SMILES string of the molecule is CCCOc1cccc(C(=O)Nc2nc(-c3ccc(OC)cc3)cs2)c1. The van der Waals surface area contributed by atoms with Crippen molar-refractivity contribution in [2.45, 2.75) is 13.3 Å². The molecule has 0 atom stereocenters. The Bertz CT molecular complexity index is 875. The van der Waals surface area contributed by atoms with Crippen LogP contribution in [-0.2, 0) is 0 Å². The van der Waals surface area contributed by atoms with Crippen molar-refractivity contribution in [2.24, 2.45) is 0 Å². The monoisotopic (exact) mass is 368 g/mol. The molecule has 3 aromatic rings. The average Bonchev–Trinajstić information content (AvgIpc) is 3.15. The van der Waals surface area contributed by atoms with Gasteiger partial charge in [-0.1, -0.05) is 13.0 Å². The number of nitrogens with one attached hydrogen (secondary N) is 1. The predicted octanol–water partition coefficient (Wildman–Crippen LogP) is 4.86. The maximum Gasteiger partial charge on any atom is 0.257 e. The summed E-state index contributed by atoms with van der Waals surface area (Å²) < 4.78 is 10.7. The van der Waals surface area contributed by atoms with Crippen LogP contribution in [0.3, 0.4) is 0 Å². The molecule has 0 saturated carbocycles. The van der Waals surface area contributed by atoms with Crippen LogP contribution in [0.1, 0.15) is 23.7 Å². The van der Waals surface area contributed by atoms with E-state index in [-0.39, 0.29) is 5.91 Å². The highest BCUT2D eigenvalue weighted by Crippen LogP contribution is 2.27. The van der Waals surface area contributed by atoms with Crippen LogP contribution >= 0.6 is 11.3 Å². The van der Waals surface area contributed by atoms with Gasteiger partial charge in [0.2, 0.25) is 0 Å². The highest BCUT2D eigenvalue weighted by molar-refractivity contribution is 7.14. The lowest BCUT2D eigenvalue weighted by atomic mass is 10.2. The lowest BCUT2D eigenvalue weighted by Crippen LogP contribution is -2.11. The van der Waals surface area contributed by atoms with E-state index in [4.69, 9.17) is 9.47 Å². The fourth-order valence-electron chi connectivity index (χ4n) is 2.34. The fraction of sp³-hybridized carbons (Fsp3) is 0.200. The molecule has 6 heteroatoms. The largest absolute Gasteiger partial charge is 0.497 e. The predicted molar refractivity (Wildman–Crippen MR) is 104 cm³/mol. The molecule has 0 unspecified atom stereocenters. The van der Waals surface area contributed by atoms with E-state index in [9.17, 15) is 4.79 Å². The number of thiazole rings is 1. The van der Waals surface area contributed by atoms with Crippen molar-refractivity contribution >= 4 is 22.4 Å². The number of rotatable bonds is 7. The molecule has 3 rings (SSSR count). The third kappa shape index (κ3) is 4.40. The van der Waals surface area contributed by atoms with Gasteiger partial charge in [-0.05, 0) is 48.9 Å². The number of amides is 1. The molecule has 0 saturated heterocycles. The van der Waals surface area contributed by atoms with Crippen LogP contribution in [0.25, 0.3) is 11.3 Å². The Balaban J connectivity index is 1.69. The normalized spacial score (nSPS) is 10.4. The van der Waals surface area contributed by atoms with E-state index < -0.39 is 0 Å². The Morgan fingerprint density at radius 2 is 1.96 bits per heavy atom. The molecule has 5 nitrogen and oxygen atoms in total. The molecule has 0 bridgehead atoms. The summed E-state index contributed by atoms with van der Waals surface area (Å²) in [5, 5.41) is 5.31. The summed E-state index contributed by atoms with van der Waals surface area (Å²) in [5.41, 5.74) is 2.32. The lowest BCUT2D eigenvalue weighted by molar-refractivity contribution is 0.102. The van der Waals surface area contributed by atoms with Crippen LogP contribution in [0.2, 0.25) is 0 Å². The maximum atomic E-state index is 12.5. The van der Waals surface area contributed by atoms with Crippen LogP contribution in [0.5, 0.6) is 11.5 Å². The number of carbonyl (C=O) groups excluding carboxylic acids is 1. The van der Waals surface area contributed by atoms with Crippen LogP contribution in [0.4, 0.5) is 5.13 Å². The smallest absolute Gasteiger partial charge is 0.257 e. The number of methoxy groups -OCH3 is 1. The molecule has 0 aliphatic heterocycles. The van der Waals surface area contributed by atoms with Gasteiger partial charge >= 0.3 is 0 Å². The summed E-state index contributed by atoms with van der Waals surface area (Å²) in [4.78, 5) is 16.9. The minimum Gasteiger partial charge on any atom is -0.497 e. The van der Waals surface area contributed by atoms with Crippen molar-refractivity contribution in [3.63, 3.8) is 0 Å². The van der Waals surface area contributed by atoms with Gasteiger partial charge in [0.25, 0.3) is 5.91 Å². The quantitative estimate of drug-likeness (QED) is 0.647. The zero-order valence-electron chi connectivity index (χ0n) is 14.7. The van der Waals surface area contributed by atoms with E-state index >= 15 is 0 Å². The van der Waals surface area contributed by atoms with Gasteiger partial charge in [-0.2, -0.15) is 0 Å². The summed E-state index contributed by atoms with van der Waals surface area (Å²) in [6, 6.07) is 14.8. The van der Waals surface area contributed by atoms with Crippen molar-refractivity contribution in [1.29, 1.82) is 0 Å².